The second-order valence-corrected chi connectivity index (χ2v) is 8.75. The number of amidine groups is 2. The minimum absolute atomic E-state index is 0.0629. The van der Waals surface area contributed by atoms with E-state index in [2.05, 4.69) is 0 Å². The Morgan fingerprint density at radius 2 is 1.23 bits per heavy atom. The first-order chi connectivity index (χ1) is 16.9. The Morgan fingerprint density at radius 1 is 0.771 bits per heavy atom. The van der Waals surface area contributed by atoms with Gasteiger partial charge in [0.25, 0.3) is 0 Å². The second-order valence-electron chi connectivity index (χ2n) is 8.39. The average molecular weight is 485 g/mol. The zero-order valence-electron chi connectivity index (χ0n) is 20.4. The molecule has 1 fully saturated rings. The van der Waals surface area contributed by atoms with Crippen LogP contribution in [0.1, 0.15) is 23.6 Å². The van der Waals surface area contributed by atoms with Gasteiger partial charge in [-0.15, -0.1) is 0 Å². The smallest absolute Gasteiger partial charge is 0.326 e. The molecule has 7 heteroatoms. The number of thiocarbonyl (C=S) groups is 1. The lowest BCUT2D eigenvalue weighted by atomic mass is 10.2. The minimum atomic E-state index is -0.383. The van der Waals surface area contributed by atoms with Crippen LogP contribution >= 0.6 is 12.2 Å². The number of carbonyl (C=O) groups is 1. The zero-order chi connectivity index (χ0) is 24.9. The van der Waals surface area contributed by atoms with E-state index in [1.165, 1.54) is 0 Å². The molecule has 0 bridgehead atoms. The standard InChI is InChI=1S/C28H28N4O2S/c1-5-34-25(33)18-31-26(29-22-12-6-19(2)7-13-22)27(30-23-14-8-20(3)9-15-23)32(28(31)35)24-16-10-21(4)11-17-24/h6-17H,5,18H2,1-4H3. The number of aryl methyl sites for hydroxylation is 3. The topological polar surface area (TPSA) is 57.5 Å². The molecule has 1 heterocycles. The lowest BCUT2D eigenvalue weighted by Gasteiger charge is -2.20. The number of anilines is 1. The van der Waals surface area contributed by atoms with E-state index in [1.807, 2.05) is 98.5 Å². The molecule has 0 radical (unpaired) electrons. The van der Waals surface area contributed by atoms with Gasteiger partial charge in [-0.05, 0) is 76.3 Å². The number of benzene rings is 3. The van der Waals surface area contributed by atoms with E-state index in [-0.39, 0.29) is 19.1 Å². The van der Waals surface area contributed by atoms with Gasteiger partial charge in [0.05, 0.1) is 18.0 Å². The molecule has 4 rings (SSSR count). The van der Waals surface area contributed by atoms with Crippen molar-refractivity contribution in [2.75, 3.05) is 18.1 Å². The summed E-state index contributed by atoms with van der Waals surface area (Å²) in [5.41, 5.74) is 5.75. The Labute approximate surface area is 211 Å². The summed E-state index contributed by atoms with van der Waals surface area (Å²) in [6, 6.07) is 23.8. The van der Waals surface area contributed by atoms with E-state index in [1.54, 1.807) is 11.8 Å². The third kappa shape index (κ3) is 5.63. The monoisotopic (exact) mass is 484 g/mol. The predicted octanol–water partition coefficient (Wildman–Crippen LogP) is 6.04. The summed E-state index contributed by atoms with van der Waals surface area (Å²) >= 11 is 5.89. The van der Waals surface area contributed by atoms with Gasteiger partial charge in [-0.3, -0.25) is 14.6 Å². The van der Waals surface area contributed by atoms with E-state index in [0.29, 0.717) is 16.8 Å². The number of hydrogen-bond donors (Lipinski definition) is 0. The van der Waals surface area contributed by atoms with Crippen molar-refractivity contribution >= 4 is 52.0 Å². The Balaban J connectivity index is 1.90. The van der Waals surface area contributed by atoms with Crippen LogP contribution in [0.3, 0.4) is 0 Å². The molecule has 0 spiro atoms. The van der Waals surface area contributed by atoms with Crippen LogP contribution in [0.25, 0.3) is 0 Å². The molecule has 0 amide bonds. The molecule has 0 N–H and O–H groups in total. The first kappa shape index (κ1) is 24.3. The number of carbonyl (C=O) groups excluding carboxylic acids is 1. The molecule has 0 aliphatic carbocycles. The minimum Gasteiger partial charge on any atom is -0.465 e. The maximum atomic E-state index is 12.5. The van der Waals surface area contributed by atoms with Gasteiger partial charge in [0.15, 0.2) is 16.8 Å². The fourth-order valence-corrected chi connectivity index (χ4v) is 3.96. The number of ether oxygens (including phenoxy) is 1. The van der Waals surface area contributed by atoms with Gasteiger partial charge in [0.2, 0.25) is 0 Å². The third-order valence-corrected chi connectivity index (χ3v) is 5.92. The molecule has 0 saturated carbocycles. The number of rotatable bonds is 6. The maximum Gasteiger partial charge on any atom is 0.326 e. The van der Waals surface area contributed by atoms with Gasteiger partial charge in [-0.25, -0.2) is 9.98 Å². The highest BCUT2D eigenvalue weighted by atomic mass is 32.1. The molecule has 1 aliphatic rings. The summed E-state index contributed by atoms with van der Waals surface area (Å²) in [5, 5.41) is 0.415. The highest BCUT2D eigenvalue weighted by Crippen LogP contribution is 2.28. The van der Waals surface area contributed by atoms with E-state index < -0.39 is 0 Å². The number of hydrogen-bond acceptors (Lipinski definition) is 5. The summed E-state index contributed by atoms with van der Waals surface area (Å²) in [6.07, 6.45) is 0. The van der Waals surface area contributed by atoms with Gasteiger partial charge < -0.3 is 4.74 Å². The van der Waals surface area contributed by atoms with E-state index in [4.69, 9.17) is 26.9 Å². The maximum absolute atomic E-state index is 12.5. The van der Waals surface area contributed by atoms with Gasteiger partial charge in [-0.1, -0.05) is 53.1 Å². The van der Waals surface area contributed by atoms with E-state index in [0.717, 1.165) is 33.8 Å². The zero-order valence-corrected chi connectivity index (χ0v) is 21.2. The van der Waals surface area contributed by atoms with Crippen LogP contribution in [0.5, 0.6) is 0 Å². The molecule has 0 aromatic heterocycles. The van der Waals surface area contributed by atoms with Crippen LogP contribution in [0.15, 0.2) is 82.8 Å². The summed E-state index contributed by atoms with van der Waals surface area (Å²) < 4.78 is 5.24. The Hall–Kier alpha value is -3.84. The molecule has 3 aromatic carbocycles. The van der Waals surface area contributed by atoms with Gasteiger partial charge in [0, 0.05) is 5.69 Å². The molecule has 6 nitrogen and oxygen atoms in total. The van der Waals surface area contributed by atoms with Crippen LogP contribution in [0.4, 0.5) is 17.1 Å². The SMILES string of the molecule is CCOC(=O)CN1C(=S)N(c2ccc(C)cc2)C(=Nc2ccc(C)cc2)C1=Nc1ccc(C)cc1. The first-order valence-electron chi connectivity index (χ1n) is 11.5. The van der Waals surface area contributed by atoms with E-state index in [9.17, 15) is 4.79 Å². The van der Waals surface area contributed by atoms with Crippen molar-refractivity contribution in [2.24, 2.45) is 9.98 Å². The van der Waals surface area contributed by atoms with Crippen molar-refractivity contribution < 1.29 is 9.53 Å². The predicted molar refractivity (Wildman–Crippen MR) is 146 cm³/mol. The van der Waals surface area contributed by atoms with Gasteiger partial charge in [0.1, 0.15) is 6.54 Å². The van der Waals surface area contributed by atoms with Gasteiger partial charge >= 0.3 is 5.97 Å². The molecule has 35 heavy (non-hydrogen) atoms. The molecular weight excluding hydrogens is 456 g/mol. The van der Waals surface area contributed by atoms with Crippen molar-refractivity contribution in [3.05, 3.63) is 89.5 Å². The lowest BCUT2D eigenvalue weighted by Crippen LogP contribution is -2.37. The summed E-state index contributed by atoms with van der Waals surface area (Å²) in [5.74, 6) is 0.660. The fraction of sp³-hybridized carbons (Fsp3) is 0.214. The molecule has 1 saturated heterocycles. The summed E-state index contributed by atoms with van der Waals surface area (Å²) in [4.78, 5) is 26.0. The Morgan fingerprint density at radius 3 is 1.71 bits per heavy atom. The van der Waals surface area contributed by atoms with Crippen molar-refractivity contribution in [3.8, 4) is 0 Å². The highest BCUT2D eigenvalue weighted by molar-refractivity contribution is 7.80. The van der Waals surface area contributed by atoms with Crippen molar-refractivity contribution in [1.82, 2.24) is 4.90 Å². The van der Waals surface area contributed by atoms with Crippen LogP contribution in [-0.2, 0) is 9.53 Å². The third-order valence-electron chi connectivity index (χ3n) is 5.51. The van der Waals surface area contributed by atoms with Crippen molar-refractivity contribution in [3.63, 3.8) is 0 Å². The van der Waals surface area contributed by atoms with Crippen LogP contribution in [0, 0.1) is 20.8 Å². The van der Waals surface area contributed by atoms with E-state index >= 15 is 0 Å². The molecule has 178 valence electrons. The van der Waals surface area contributed by atoms with Crippen molar-refractivity contribution in [2.45, 2.75) is 27.7 Å². The largest absolute Gasteiger partial charge is 0.465 e. The average Bonchev–Trinajstić information content (AvgIpc) is 3.08. The number of nitrogens with zero attached hydrogens (tertiary/aromatic N) is 4. The van der Waals surface area contributed by atoms with Crippen molar-refractivity contribution in [1.29, 1.82) is 0 Å². The van der Waals surface area contributed by atoms with Crippen LogP contribution in [0.2, 0.25) is 0 Å². The first-order valence-corrected chi connectivity index (χ1v) is 11.9. The fourth-order valence-electron chi connectivity index (χ4n) is 3.62. The molecular formula is C28H28N4O2S. The molecule has 0 atom stereocenters. The summed E-state index contributed by atoms with van der Waals surface area (Å²) in [7, 11) is 0. The molecule has 0 unspecified atom stereocenters. The number of esters is 1. The Kier molecular flexibility index (Phi) is 7.36. The van der Waals surface area contributed by atoms with Crippen LogP contribution < -0.4 is 4.90 Å². The second kappa shape index (κ2) is 10.6. The van der Waals surface area contributed by atoms with Gasteiger partial charge in [-0.2, -0.15) is 0 Å². The van der Waals surface area contributed by atoms with Crippen LogP contribution in [-0.4, -0.2) is 40.8 Å². The highest BCUT2D eigenvalue weighted by Gasteiger charge is 2.40. The lowest BCUT2D eigenvalue weighted by molar-refractivity contribution is -0.142. The molecule has 1 aliphatic heterocycles. The number of aliphatic imine (C=N–C) groups is 2. The molecule has 3 aromatic rings. The normalized spacial score (nSPS) is 15.8. The summed E-state index contributed by atoms with van der Waals surface area (Å²) in [6.45, 7) is 8.10. The Bertz CT molecular complexity index is 1280. The quantitative estimate of drug-likeness (QED) is 0.315.